The molecule has 0 fully saturated rings. The zero-order valence-corrected chi connectivity index (χ0v) is 11.7. The summed E-state index contributed by atoms with van der Waals surface area (Å²) in [6.07, 6.45) is 1.88. The Kier molecular flexibility index (Phi) is 4.60. The molecule has 0 spiro atoms. The molecule has 7 heteroatoms. The lowest BCUT2D eigenvalue weighted by molar-refractivity contribution is 0.0751. The van der Waals surface area contributed by atoms with Gasteiger partial charge in [-0.3, -0.25) is 14.2 Å². The van der Waals surface area contributed by atoms with Crippen molar-refractivity contribution in [2.24, 2.45) is 0 Å². The number of carbonyl (C=O) groups excluding carboxylic acids is 1. The first-order valence-electron chi connectivity index (χ1n) is 6.31. The Morgan fingerprint density at radius 2 is 2.42 bits per heavy atom. The van der Waals surface area contributed by atoms with Gasteiger partial charge < -0.3 is 10.0 Å². The molecule has 0 aliphatic carbocycles. The number of hydrogen-bond acceptors (Lipinski definition) is 5. The number of amides is 1. The molecule has 2 rings (SSSR count). The minimum atomic E-state index is -0.305. The summed E-state index contributed by atoms with van der Waals surface area (Å²) in [5.74, 6) is 0.516. The van der Waals surface area contributed by atoms with Gasteiger partial charge in [-0.15, -0.1) is 0 Å². The molecule has 0 unspecified atom stereocenters. The first kappa shape index (κ1) is 14.1. The van der Waals surface area contributed by atoms with Gasteiger partial charge in [-0.2, -0.15) is 0 Å². The summed E-state index contributed by atoms with van der Waals surface area (Å²) >= 11 is 1.52. The van der Waals surface area contributed by atoms with Crippen LogP contribution in [0.1, 0.15) is 23.7 Å². The summed E-state index contributed by atoms with van der Waals surface area (Å²) < 4.78 is 1.55. The van der Waals surface area contributed by atoms with Crippen LogP contribution in [0.4, 0.5) is 0 Å². The SMILES string of the molecule is CCN(CCCO)C(=O)c1cnc2n(c1=O)CCS2. The molecule has 0 atom stereocenters. The molecule has 0 aromatic carbocycles. The molecule has 1 aliphatic rings. The summed E-state index contributed by atoms with van der Waals surface area (Å²) in [6.45, 7) is 3.44. The van der Waals surface area contributed by atoms with E-state index >= 15 is 0 Å². The van der Waals surface area contributed by atoms with Gasteiger partial charge in [0.1, 0.15) is 5.56 Å². The molecule has 0 saturated heterocycles. The van der Waals surface area contributed by atoms with E-state index in [-0.39, 0.29) is 23.6 Å². The van der Waals surface area contributed by atoms with E-state index < -0.39 is 0 Å². The maximum absolute atomic E-state index is 12.3. The summed E-state index contributed by atoms with van der Waals surface area (Å²) in [7, 11) is 0. The number of rotatable bonds is 5. The van der Waals surface area contributed by atoms with Gasteiger partial charge in [-0.25, -0.2) is 4.98 Å². The Bertz CT molecular complexity index is 529. The lowest BCUT2D eigenvalue weighted by Gasteiger charge is -2.20. The Hall–Kier alpha value is -1.34. The van der Waals surface area contributed by atoms with E-state index in [0.29, 0.717) is 31.2 Å². The van der Waals surface area contributed by atoms with E-state index in [2.05, 4.69) is 4.98 Å². The zero-order chi connectivity index (χ0) is 13.8. The number of nitrogens with zero attached hydrogens (tertiary/aromatic N) is 3. The maximum atomic E-state index is 12.3. The third-order valence-electron chi connectivity index (χ3n) is 3.04. The van der Waals surface area contributed by atoms with Crippen molar-refractivity contribution in [3.8, 4) is 0 Å². The molecule has 1 aromatic rings. The van der Waals surface area contributed by atoms with Gasteiger partial charge in [0.05, 0.1) is 0 Å². The number of aromatic nitrogens is 2. The van der Waals surface area contributed by atoms with Crippen molar-refractivity contribution >= 4 is 17.7 Å². The largest absolute Gasteiger partial charge is 0.396 e. The summed E-state index contributed by atoms with van der Waals surface area (Å²) in [5, 5.41) is 9.51. The van der Waals surface area contributed by atoms with Crippen LogP contribution in [-0.4, -0.2) is 50.9 Å². The van der Waals surface area contributed by atoms with Crippen molar-refractivity contribution < 1.29 is 9.90 Å². The number of fused-ring (bicyclic) bond motifs is 1. The van der Waals surface area contributed by atoms with E-state index in [1.54, 1.807) is 9.47 Å². The van der Waals surface area contributed by atoms with Crippen LogP contribution in [0.15, 0.2) is 16.1 Å². The summed E-state index contributed by atoms with van der Waals surface area (Å²) in [4.78, 5) is 30.2. The smallest absolute Gasteiger partial charge is 0.267 e. The highest BCUT2D eigenvalue weighted by molar-refractivity contribution is 7.99. The molecule has 1 N–H and O–H groups in total. The minimum Gasteiger partial charge on any atom is -0.396 e. The molecule has 104 valence electrons. The van der Waals surface area contributed by atoms with Crippen molar-refractivity contribution in [3.05, 3.63) is 22.1 Å². The van der Waals surface area contributed by atoms with Gasteiger partial charge in [-0.05, 0) is 13.3 Å². The van der Waals surface area contributed by atoms with E-state index in [9.17, 15) is 9.59 Å². The monoisotopic (exact) mass is 283 g/mol. The predicted octanol–water partition coefficient (Wildman–Crippen LogP) is 0.193. The first-order valence-corrected chi connectivity index (χ1v) is 7.30. The first-order chi connectivity index (χ1) is 9.19. The fourth-order valence-electron chi connectivity index (χ4n) is 2.00. The molecule has 0 radical (unpaired) electrons. The zero-order valence-electron chi connectivity index (χ0n) is 10.8. The number of aliphatic hydroxyl groups excluding tert-OH is 1. The number of thioether (sulfide) groups is 1. The molecular formula is C12H17N3O3S. The van der Waals surface area contributed by atoms with Gasteiger partial charge in [0, 0.05) is 38.2 Å². The highest BCUT2D eigenvalue weighted by Crippen LogP contribution is 2.20. The maximum Gasteiger partial charge on any atom is 0.267 e. The Morgan fingerprint density at radius 1 is 1.63 bits per heavy atom. The van der Waals surface area contributed by atoms with Crippen LogP contribution >= 0.6 is 11.8 Å². The van der Waals surface area contributed by atoms with Crippen LogP contribution < -0.4 is 5.56 Å². The molecule has 19 heavy (non-hydrogen) atoms. The number of aliphatic hydroxyl groups is 1. The van der Waals surface area contributed by atoms with Crippen molar-refractivity contribution in [2.45, 2.75) is 25.0 Å². The number of hydrogen-bond donors (Lipinski definition) is 1. The van der Waals surface area contributed by atoms with E-state index in [0.717, 1.165) is 5.75 Å². The summed E-state index contributed by atoms with van der Waals surface area (Å²) in [5.41, 5.74) is -0.145. The molecule has 2 heterocycles. The van der Waals surface area contributed by atoms with Gasteiger partial charge >= 0.3 is 0 Å². The second kappa shape index (κ2) is 6.21. The van der Waals surface area contributed by atoms with Crippen LogP contribution in [0, 0.1) is 0 Å². The lowest BCUT2D eigenvalue weighted by atomic mass is 10.2. The molecule has 0 saturated carbocycles. The highest BCUT2D eigenvalue weighted by Gasteiger charge is 2.22. The van der Waals surface area contributed by atoms with E-state index in [1.807, 2.05) is 6.92 Å². The molecule has 6 nitrogen and oxygen atoms in total. The standard InChI is InChI=1S/C12H17N3O3S/c1-2-14(4-3-6-16)10(17)9-8-13-12-15(11(9)18)5-7-19-12/h8,16H,2-7H2,1H3. The van der Waals surface area contributed by atoms with Crippen LogP contribution in [0.5, 0.6) is 0 Å². The van der Waals surface area contributed by atoms with E-state index in [4.69, 9.17) is 5.11 Å². The fourth-order valence-corrected chi connectivity index (χ4v) is 2.91. The molecule has 1 aromatic heterocycles. The van der Waals surface area contributed by atoms with Crippen molar-refractivity contribution in [3.63, 3.8) is 0 Å². The average Bonchev–Trinajstić information content (AvgIpc) is 2.89. The van der Waals surface area contributed by atoms with Crippen molar-refractivity contribution in [1.29, 1.82) is 0 Å². The lowest BCUT2D eigenvalue weighted by Crippen LogP contribution is -2.37. The highest BCUT2D eigenvalue weighted by atomic mass is 32.2. The van der Waals surface area contributed by atoms with E-state index in [1.165, 1.54) is 18.0 Å². The average molecular weight is 283 g/mol. The second-order valence-electron chi connectivity index (χ2n) is 4.22. The molecule has 1 amide bonds. The normalized spacial score (nSPS) is 13.4. The van der Waals surface area contributed by atoms with Gasteiger partial charge in [0.15, 0.2) is 5.16 Å². The number of carbonyl (C=O) groups is 1. The predicted molar refractivity (Wildman–Crippen MR) is 72.5 cm³/mol. The Balaban J connectivity index is 2.26. The minimum absolute atomic E-state index is 0.0296. The van der Waals surface area contributed by atoms with Crippen LogP contribution in [-0.2, 0) is 6.54 Å². The molecule has 0 bridgehead atoms. The third-order valence-corrected chi connectivity index (χ3v) is 4.01. The van der Waals surface area contributed by atoms with Crippen LogP contribution in [0.2, 0.25) is 0 Å². The quantitative estimate of drug-likeness (QED) is 0.781. The summed E-state index contributed by atoms with van der Waals surface area (Å²) in [6, 6.07) is 0. The third kappa shape index (κ3) is 2.82. The second-order valence-corrected chi connectivity index (χ2v) is 5.28. The topological polar surface area (TPSA) is 75.4 Å². The van der Waals surface area contributed by atoms with Crippen molar-refractivity contribution in [2.75, 3.05) is 25.4 Å². The van der Waals surface area contributed by atoms with Crippen LogP contribution in [0.3, 0.4) is 0 Å². The van der Waals surface area contributed by atoms with Crippen LogP contribution in [0.25, 0.3) is 0 Å². The van der Waals surface area contributed by atoms with Gasteiger partial charge in [-0.1, -0.05) is 11.8 Å². The Morgan fingerprint density at radius 3 is 3.11 bits per heavy atom. The molecular weight excluding hydrogens is 266 g/mol. The Labute approximate surface area is 115 Å². The molecule has 1 aliphatic heterocycles. The van der Waals surface area contributed by atoms with Gasteiger partial charge in [0.2, 0.25) is 0 Å². The van der Waals surface area contributed by atoms with Gasteiger partial charge in [0.25, 0.3) is 11.5 Å². The van der Waals surface area contributed by atoms with Crippen molar-refractivity contribution in [1.82, 2.24) is 14.5 Å². The fraction of sp³-hybridized carbons (Fsp3) is 0.583.